The van der Waals surface area contributed by atoms with E-state index >= 15 is 0 Å². The van der Waals surface area contributed by atoms with Crippen molar-refractivity contribution in [1.29, 1.82) is 0 Å². The molecule has 7 nitrogen and oxygen atoms in total. The molecule has 41 heavy (non-hydrogen) atoms. The number of halogens is 6. The van der Waals surface area contributed by atoms with Gasteiger partial charge in [-0.05, 0) is 37.4 Å². The Morgan fingerprint density at radius 3 is 2.32 bits per heavy atom. The molecule has 0 unspecified atom stereocenters. The molecule has 0 saturated carbocycles. The summed E-state index contributed by atoms with van der Waals surface area (Å²) in [6.45, 7) is 7.32. The Bertz CT molecular complexity index is 1200. The van der Waals surface area contributed by atoms with Crippen molar-refractivity contribution >= 4 is 34.8 Å². The maximum Gasteiger partial charge on any atom is 0.390 e. The summed E-state index contributed by atoms with van der Waals surface area (Å²) in [6, 6.07) is 7.07. The topological polar surface area (TPSA) is 67.9 Å². The van der Waals surface area contributed by atoms with Crippen molar-refractivity contribution in [3.05, 3.63) is 58.1 Å². The predicted octanol–water partition coefficient (Wildman–Crippen LogP) is 5.29. The van der Waals surface area contributed by atoms with Crippen LogP contribution in [0.1, 0.15) is 42.6 Å². The van der Waals surface area contributed by atoms with Crippen molar-refractivity contribution in [1.82, 2.24) is 15.1 Å². The van der Waals surface area contributed by atoms with Gasteiger partial charge in [0.25, 0.3) is 5.91 Å². The van der Waals surface area contributed by atoms with Gasteiger partial charge in [0.1, 0.15) is 0 Å². The Morgan fingerprint density at radius 2 is 1.68 bits per heavy atom. The fourth-order valence-electron chi connectivity index (χ4n) is 4.54. The molecule has 1 heterocycles. The van der Waals surface area contributed by atoms with E-state index in [0.29, 0.717) is 49.1 Å². The van der Waals surface area contributed by atoms with Crippen LogP contribution in [0.4, 0.5) is 33.3 Å². The monoisotopic (exact) mass is 603 g/mol. The van der Waals surface area contributed by atoms with Crippen molar-refractivity contribution in [2.45, 2.75) is 39.4 Å². The number of carbonyl (C=O) groups excluding carboxylic acids is 2. The van der Waals surface area contributed by atoms with Crippen LogP contribution in [0.25, 0.3) is 0 Å². The smallest absolute Gasteiger partial charge is 0.367 e. The maximum absolute atomic E-state index is 14.9. The molecule has 226 valence electrons. The summed E-state index contributed by atoms with van der Waals surface area (Å²) in [5, 5.41) is 5.55. The van der Waals surface area contributed by atoms with Gasteiger partial charge in [-0.25, -0.2) is 8.78 Å². The zero-order valence-corrected chi connectivity index (χ0v) is 23.8. The van der Waals surface area contributed by atoms with Crippen LogP contribution in [0.15, 0.2) is 30.3 Å². The highest BCUT2D eigenvalue weighted by atomic mass is 35.5. The number of piperazine rings is 1. The SMILES string of the molecule is CCN(CC)CCC(=O)NCc1ccc(C(=O)Nc2ccc(Cl)cc2N2CCN(CCC(F)(F)F)CC2)c(F)c1F. The van der Waals surface area contributed by atoms with E-state index in [1.165, 1.54) is 18.2 Å². The Kier molecular flexibility index (Phi) is 11.7. The number of rotatable bonds is 12. The van der Waals surface area contributed by atoms with E-state index in [0.717, 1.165) is 19.2 Å². The van der Waals surface area contributed by atoms with E-state index in [2.05, 4.69) is 15.5 Å². The summed E-state index contributed by atoms with van der Waals surface area (Å²) in [6.07, 6.45) is -4.90. The molecular weight excluding hydrogens is 569 g/mol. The average Bonchev–Trinajstić information content (AvgIpc) is 2.94. The molecule has 0 aromatic heterocycles. The van der Waals surface area contributed by atoms with Crippen LogP contribution in [-0.4, -0.2) is 80.1 Å². The second-order valence-corrected chi connectivity index (χ2v) is 10.2. The molecule has 1 aliphatic heterocycles. The molecule has 0 spiro atoms. The molecule has 0 atom stereocenters. The number of amides is 2. The molecule has 2 N–H and O–H groups in total. The molecule has 2 aromatic rings. The van der Waals surface area contributed by atoms with Gasteiger partial charge in [-0.1, -0.05) is 31.5 Å². The Morgan fingerprint density at radius 1 is 1.00 bits per heavy atom. The number of benzene rings is 2. The fraction of sp³-hybridized carbons (Fsp3) is 0.500. The Hall–Kier alpha value is -2.96. The number of alkyl halides is 3. The first-order chi connectivity index (χ1) is 19.4. The Labute approximate surface area is 241 Å². The Balaban J connectivity index is 1.64. The molecule has 0 bridgehead atoms. The highest BCUT2D eigenvalue weighted by molar-refractivity contribution is 6.31. The van der Waals surface area contributed by atoms with Crippen LogP contribution >= 0.6 is 11.6 Å². The van der Waals surface area contributed by atoms with Crippen molar-refractivity contribution in [2.75, 3.05) is 62.6 Å². The molecule has 13 heteroatoms. The number of hydrogen-bond donors (Lipinski definition) is 2. The molecular formula is C28H35ClF5N5O2. The first-order valence-electron chi connectivity index (χ1n) is 13.5. The van der Waals surface area contributed by atoms with Gasteiger partial charge in [0.05, 0.1) is 23.4 Å². The minimum absolute atomic E-state index is 0.0918. The standard InChI is InChI=1S/C28H35ClF5N5O2/c1-3-37(4-2)11-9-24(40)35-18-19-5-7-21(26(31)25(19)30)27(41)36-22-8-6-20(29)17-23(22)39-15-13-38(14-16-39)12-10-28(32,33)34/h5-8,17H,3-4,9-16,18H2,1-2H3,(H,35,40)(H,36,41). The van der Waals surface area contributed by atoms with Gasteiger partial charge in [-0.15, -0.1) is 0 Å². The largest absolute Gasteiger partial charge is 0.390 e. The lowest BCUT2D eigenvalue weighted by Crippen LogP contribution is -2.47. The number of anilines is 2. The van der Waals surface area contributed by atoms with Gasteiger partial charge in [0.2, 0.25) is 5.91 Å². The average molecular weight is 604 g/mol. The van der Waals surface area contributed by atoms with E-state index < -0.39 is 35.7 Å². The summed E-state index contributed by atoms with van der Waals surface area (Å²) in [5.41, 5.74) is 0.210. The molecule has 3 rings (SSSR count). The quantitative estimate of drug-likeness (QED) is 0.323. The van der Waals surface area contributed by atoms with Crippen LogP contribution in [0.3, 0.4) is 0 Å². The van der Waals surface area contributed by atoms with E-state index in [1.807, 2.05) is 18.7 Å². The van der Waals surface area contributed by atoms with E-state index in [1.54, 1.807) is 11.0 Å². The van der Waals surface area contributed by atoms with Gasteiger partial charge in [0, 0.05) is 62.8 Å². The molecule has 1 aliphatic rings. The van der Waals surface area contributed by atoms with Crippen molar-refractivity contribution in [2.24, 2.45) is 0 Å². The lowest BCUT2D eigenvalue weighted by atomic mass is 10.1. The zero-order chi connectivity index (χ0) is 30.2. The van der Waals surface area contributed by atoms with Crippen LogP contribution in [0.5, 0.6) is 0 Å². The minimum Gasteiger partial charge on any atom is -0.367 e. The summed E-state index contributed by atoms with van der Waals surface area (Å²) in [7, 11) is 0. The van der Waals surface area contributed by atoms with E-state index in [9.17, 15) is 31.5 Å². The summed E-state index contributed by atoms with van der Waals surface area (Å²) < 4.78 is 67.5. The van der Waals surface area contributed by atoms with Crippen LogP contribution in [0, 0.1) is 11.6 Å². The molecule has 1 fully saturated rings. The van der Waals surface area contributed by atoms with Gasteiger partial charge in [-0.3, -0.25) is 14.5 Å². The van der Waals surface area contributed by atoms with Crippen LogP contribution in [0.2, 0.25) is 5.02 Å². The van der Waals surface area contributed by atoms with Crippen molar-refractivity contribution < 1.29 is 31.5 Å². The normalized spacial score (nSPS) is 14.4. The molecule has 2 amide bonds. The van der Waals surface area contributed by atoms with Crippen molar-refractivity contribution in [3.8, 4) is 0 Å². The third-order valence-electron chi connectivity index (χ3n) is 7.06. The van der Waals surface area contributed by atoms with Crippen LogP contribution in [-0.2, 0) is 11.3 Å². The third-order valence-corrected chi connectivity index (χ3v) is 7.30. The first-order valence-corrected chi connectivity index (χ1v) is 13.9. The third kappa shape index (κ3) is 9.54. The van der Waals surface area contributed by atoms with Gasteiger partial charge in [0.15, 0.2) is 11.6 Å². The second-order valence-electron chi connectivity index (χ2n) is 9.76. The zero-order valence-electron chi connectivity index (χ0n) is 23.1. The lowest BCUT2D eigenvalue weighted by Gasteiger charge is -2.37. The highest BCUT2D eigenvalue weighted by Crippen LogP contribution is 2.31. The van der Waals surface area contributed by atoms with Gasteiger partial charge < -0.3 is 20.4 Å². The second kappa shape index (κ2) is 14.8. The van der Waals surface area contributed by atoms with Crippen molar-refractivity contribution in [3.63, 3.8) is 0 Å². The lowest BCUT2D eigenvalue weighted by molar-refractivity contribution is -0.138. The molecule has 0 aliphatic carbocycles. The van der Waals surface area contributed by atoms with E-state index in [-0.39, 0.29) is 31.0 Å². The minimum atomic E-state index is -4.23. The molecule has 1 saturated heterocycles. The predicted molar refractivity (Wildman–Crippen MR) is 149 cm³/mol. The maximum atomic E-state index is 14.9. The molecule has 0 radical (unpaired) electrons. The van der Waals surface area contributed by atoms with Gasteiger partial charge >= 0.3 is 6.18 Å². The molecule has 2 aromatic carbocycles. The highest BCUT2D eigenvalue weighted by Gasteiger charge is 2.29. The fourth-order valence-corrected chi connectivity index (χ4v) is 4.71. The summed E-state index contributed by atoms with van der Waals surface area (Å²) in [4.78, 5) is 30.7. The van der Waals surface area contributed by atoms with Gasteiger partial charge in [-0.2, -0.15) is 13.2 Å². The number of carbonyl (C=O) groups is 2. The summed E-state index contributed by atoms with van der Waals surface area (Å²) in [5.74, 6) is -3.75. The van der Waals surface area contributed by atoms with E-state index in [4.69, 9.17) is 11.6 Å². The first kappa shape index (κ1) is 32.6. The van der Waals surface area contributed by atoms with Crippen LogP contribution < -0.4 is 15.5 Å². The number of nitrogens with one attached hydrogen (secondary N) is 2. The number of nitrogens with zero attached hydrogens (tertiary/aromatic N) is 3. The number of hydrogen-bond acceptors (Lipinski definition) is 5. The summed E-state index contributed by atoms with van der Waals surface area (Å²) >= 11 is 6.17.